The number of hydrogen-bond acceptors (Lipinski definition) is 0. The minimum atomic E-state index is 0.299. The lowest BCUT2D eigenvalue weighted by Crippen LogP contribution is -2.27. The van der Waals surface area contributed by atoms with Crippen LogP contribution in [0.4, 0.5) is 0 Å². The van der Waals surface area contributed by atoms with Crippen LogP contribution in [0.25, 0.3) is 44.3 Å². The SMILES string of the molecule is CC(C)(C)C1CCc2c(n(-c3ccc(-c4ccc(-n5c6c(c7cc(Br)ccc75)CCC(C(C)(C)C)C6)cc4)cc3)c3ccc(Br)cc23)C1. The van der Waals surface area contributed by atoms with Crippen LogP contribution < -0.4 is 0 Å². The van der Waals surface area contributed by atoms with Crippen LogP contribution in [0.2, 0.25) is 0 Å². The maximum absolute atomic E-state index is 3.75. The first-order valence-electron chi connectivity index (χ1n) is 17.7. The summed E-state index contributed by atoms with van der Waals surface area (Å²) in [4.78, 5) is 0. The summed E-state index contributed by atoms with van der Waals surface area (Å²) in [5.74, 6) is 1.36. The van der Waals surface area contributed by atoms with Crippen molar-refractivity contribution in [1.82, 2.24) is 9.13 Å². The van der Waals surface area contributed by atoms with Gasteiger partial charge in [-0.2, -0.15) is 0 Å². The fourth-order valence-electron chi connectivity index (χ4n) is 8.73. The van der Waals surface area contributed by atoms with Crippen LogP contribution >= 0.6 is 31.9 Å². The third-order valence-electron chi connectivity index (χ3n) is 11.7. The molecule has 4 heteroatoms. The molecule has 48 heavy (non-hydrogen) atoms. The van der Waals surface area contributed by atoms with Gasteiger partial charge >= 0.3 is 0 Å². The maximum Gasteiger partial charge on any atom is 0.0535 e. The number of halogens is 2. The van der Waals surface area contributed by atoms with Crippen molar-refractivity contribution < 1.29 is 0 Å². The number of nitrogens with zero attached hydrogens (tertiary/aromatic N) is 2. The third-order valence-corrected chi connectivity index (χ3v) is 12.7. The number of aromatic nitrogens is 2. The number of fused-ring (bicyclic) bond motifs is 6. The van der Waals surface area contributed by atoms with Gasteiger partial charge in [0, 0.05) is 42.5 Å². The summed E-state index contributed by atoms with van der Waals surface area (Å²) in [6, 6.07) is 32.2. The fraction of sp³-hybridized carbons (Fsp3) is 0.364. The Labute approximate surface area is 302 Å². The van der Waals surface area contributed by atoms with Crippen molar-refractivity contribution in [2.75, 3.05) is 0 Å². The summed E-state index contributed by atoms with van der Waals surface area (Å²) < 4.78 is 7.40. The lowest BCUT2D eigenvalue weighted by atomic mass is 9.72. The molecule has 2 aliphatic rings. The molecule has 0 radical (unpaired) electrons. The molecule has 8 rings (SSSR count). The molecule has 2 aromatic heterocycles. The van der Waals surface area contributed by atoms with Crippen molar-refractivity contribution in [3.8, 4) is 22.5 Å². The van der Waals surface area contributed by atoms with Crippen molar-refractivity contribution >= 4 is 53.7 Å². The van der Waals surface area contributed by atoms with E-state index in [0.717, 1.165) is 34.6 Å². The summed E-state index contributed by atoms with van der Waals surface area (Å²) in [5.41, 5.74) is 14.3. The smallest absolute Gasteiger partial charge is 0.0535 e. The van der Waals surface area contributed by atoms with Gasteiger partial charge in [0.05, 0.1) is 11.0 Å². The summed E-state index contributed by atoms with van der Waals surface area (Å²) in [7, 11) is 0. The van der Waals surface area contributed by atoms with E-state index < -0.39 is 0 Å². The molecular formula is C44H46Br2N2. The minimum Gasteiger partial charge on any atom is -0.313 e. The van der Waals surface area contributed by atoms with Crippen LogP contribution in [0, 0.1) is 22.7 Å². The first-order chi connectivity index (χ1) is 22.9. The van der Waals surface area contributed by atoms with Gasteiger partial charge in [-0.25, -0.2) is 0 Å². The molecule has 0 saturated carbocycles. The van der Waals surface area contributed by atoms with E-state index in [0.29, 0.717) is 22.7 Å². The molecule has 2 atom stereocenters. The van der Waals surface area contributed by atoms with Gasteiger partial charge in [0.2, 0.25) is 0 Å². The van der Waals surface area contributed by atoms with Gasteiger partial charge in [-0.05, 0) is 144 Å². The highest BCUT2D eigenvalue weighted by atomic mass is 79.9. The minimum absolute atomic E-state index is 0.299. The van der Waals surface area contributed by atoms with Gasteiger partial charge in [-0.15, -0.1) is 0 Å². The monoisotopic (exact) mass is 760 g/mol. The average molecular weight is 763 g/mol. The zero-order chi connectivity index (χ0) is 33.5. The number of benzene rings is 4. The van der Waals surface area contributed by atoms with Crippen molar-refractivity contribution in [1.29, 1.82) is 0 Å². The van der Waals surface area contributed by atoms with Crippen LogP contribution in [-0.4, -0.2) is 9.13 Å². The van der Waals surface area contributed by atoms with E-state index in [9.17, 15) is 0 Å². The Bertz CT molecular complexity index is 2010. The molecule has 0 saturated heterocycles. The van der Waals surface area contributed by atoms with Crippen molar-refractivity contribution in [2.24, 2.45) is 22.7 Å². The van der Waals surface area contributed by atoms with Gasteiger partial charge in [0.15, 0.2) is 0 Å². The predicted octanol–water partition coefficient (Wildman–Crippen LogP) is 13.1. The molecule has 0 amide bonds. The van der Waals surface area contributed by atoms with Crippen molar-refractivity contribution in [3.63, 3.8) is 0 Å². The Balaban J connectivity index is 1.15. The Morgan fingerprint density at radius 3 is 1.25 bits per heavy atom. The van der Waals surface area contributed by atoms with E-state index in [1.807, 2.05) is 0 Å². The number of aryl methyl sites for hydroxylation is 2. The maximum atomic E-state index is 3.75. The second-order valence-electron chi connectivity index (χ2n) is 16.5. The Hall–Kier alpha value is -3.08. The van der Waals surface area contributed by atoms with Gasteiger partial charge < -0.3 is 9.13 Å². The first kappa shape index (κ1) is 32.1. The van der Waals surface area contributed by atoms with Crippen molar-refractivity contribution in [2.45, 2.75) is 80.1 Å². The van der Waals surface area contributed by atoms with Crippen LogP contribution in [0.15, 0.2) is 93.9 Å². The zero-order valence-electron chi connectivity index (χ0n) is 29.1. The second-order valence-corrected chi connectivity index (χ2v) is 18.4. The van der Waals surface area contributed by atoms with Crippen LogP contribution in [-0.2, 0) is 25.7 Å². The van der Waals surface area contributed by atoms with Gasteiger partial charge in [-0.3, -0.25) is 0 Å². The average Bonchev–Trinajstić information content (AvgIpc) is 3.55. The fourth-order valence-corrected chi connectivity index (χ4v) is 9.45. The summed E-state index contributed by atoms with van der Waals surface area (Å²) in [6.45, 7) is 14.4. The molecule has 0 aliphatic heterocycles. The van der Waals surface area contributed by atoms with Gasteiger partial charge in [-0.1, -0.05) is 97.7 Å². The molecule has 6 aromatic rings. The lowest BCUT2D eigenvalue weighted by molar-refractivity contribution is 0.214. The Morgan fingerprint density at radius 2 is 0.896 bits per heavy atom. The molecule has 0 bridgehead atoms. The van der Waals surface area contributed by atoms with Crippen molar-refractivity contribution in [3.05, 3.63) is 116 Å². The molecule has 246 valence electrons. The normalized spacial score (nSPS) is 18.3. The van der Waals surface area contributed by atoms with E-state index in [1.165, 1.54) is 79.7 Å². The Morgan fingerprint density at radius 1 is 0.521 bits per heavy atom. The van der Waals surface area contributed by atoms with Crippen LogP contribution in [0.1, 0.15) is 76.9 Å². The van der Waals surface area contributed by atoms with E-state index in [4.69, 9.17) is 0 Å². The number of rotatable bonds is 3. The number of hydrogen-bond donors (Lipinski definition) is 0. The van der Waals surface area contributed by atoms with Crippen LogP contribution in [0.3, 0.4) is 0 Å². The molecule has 0 fully saturated rings. The molecule has 0 spiro atoms. The van der Waals surface area contributed by atoms with E-state index in [1.54, 1.807) is 0 Å². The molecule has 2 nitrogen and oxygen atoms in total. The topological polar surface area (TPSA) is 9.86 Å². The van der Waals surface area contributed by atoms with E-state index >= 15 is 0 Å². The predicted molar refractivity (Wildman–Crippen MR) is 211 cm³/mol. The largest absolute Gasteiger partial charge is 0.313 e. The molecule has 4 aromatic carbocycles. The first-order valence-corrected chi connectivity index (χ1v) is 19.3. The highest BCUT2D eigenvalue weighted by Gasteiger charge is 2.34. The Kier molecular flexibility index (Phi) is 7.88. The molecule has 2 unspecified atom stereocenters. The molecule has 2 heterocycles. The third kappa shape index (κ3) is 5.52. The highest BCUT2D eigenvalue weighted by molar-refractivity contribution is 9.10. The standard InChI is InChI=1S/C44H46Br2N2/c1-43(2,3)29-11-19-35-37-25-31(45)13-21-39(37)47(41(35)23-29)33-15-7-27(8-16-33)28-9-17-34(18-10-28)48-40-22-14-32(46)26-38(40)36-20-12-30(24-42(36)48)44(4,5)6/h7-10,13-18,21-22,25-26,29-30H,11-12,19-20,23-24H2,1-6H3. The van der Waals surface area contributed by atoms with Gasteiger partial charge in [0.1, 0.15) is 0 Å². The molecule has 2 aliphatic carbocycles. The molecule has 0 N–H and O–H groups in total. The van der Waals surface area contributed by atoms with Gasteiger partial charge in [0.25, 0.3) is 0 Å². The zero-order valence-corrected chi connectivity index (χ0v) is 32.3. The molecular weight excluding hydrogens is 716 g/mol. The summed E-state index contributed by atoms with van der Waals surface area (Å²) in [5, 5.41) is 2.79. The van der Waals surface area contributed by atoms with E-state index in [-0.39, 0.29) is 0 Å². The lowest BCUT2D eigenvalue weighted by Gasteiger charge is -2.34. The highest BCUT2D eigenvalue weighted by Crippen LogP contribution is 2.44. The van der Waals surface area contributed by atoms with E-state index in [2.05, 4.69) is 167 Å². The summed E-state index contributed by atoms with van der Waals surface area (Å²) >= 11 is 7.51. The second kappa shape index (κ2) is 11.8. The van der Waals surface area contributed by atoms with Crippen LogP contribution in [0.5, 0.6) is 0 Å². The quantitative estimate of drug-likeness (QED) is 0.170. The summed E-state index contributed by atoms with van der Waals surface area (Å²) in [6.07, 6.45) is 7.06.